The van der Waals surface area contributed by atoms with Gasteiger partial charge in [0.25, 0.3) is 0 Å². The van der Waals surface area contributed by atoms with E-state index in [1.807, 2.05) is 30.3 Å². The number of hydrogen-bond acceptors (Lipinski definition) is 6. The summed E-state index contributed by atoms with van der Waals surface area (Å²) < 4.78 is 24.2. The van der Waals surface area contributed by atoms with Crippen molar-refractivity contribution in [2.75, 3.05) is 19.0 Å². The number of benzene rings is 2. The Labute approximate surface area is 220 Å². The summed E-state index contributed by atoms with van der Waals surface area (Å²) in [6.45, 7) is 3.23. The van der Waals surface area contributed by atoms with Gasteiger partial charge >= 0.3 is 6.09 Å². The number of ether oxygens (including phenoxy) is 1. The topological polar surface area (TPSA) is 105 Å². The molecule has 1 atom stereocenters. The molecule has 37 heavy (non-hydrogen) atoms. The fourth-order valence-corrected chi connectivity index (χ4v) is 3.88. The minimum atomic E-state index is -0.965. The van der Waals surface area contributed by atoms with Crippen LogP contribution in [0, 0.1) is 5.82 Å². The highest BCUT2D eigenvalue weighted by Gasteiger charge is 2.25. The highest BCUT2D eigenvalue weighted by atomic mass is 35.5. The van der Waals surface area contributed by atoms with Crippen LogP contribution in [0.25, 0.3) is 11.3 Å². The van der Waals surface area contributed by atoms with E-state index in [-0.39, 0.29) is 36.3 Å². The van der Waals surface area contributed by atoms with E-state index in [1.54, 1.807) is 39.1 Å². The minimum absolute atomic E-state index is 0.000578. The van der Waals surface area contributed by atoms with Gasteiger partial charge in [-0.25, -0.2) is 9.18 Å². The zero-order valence-corrected chi connectivity index (χ0v) is 21.8. The summed E-state index contributed by atoms with van der Waals surface area (Å²) in [7, 11) is 1.61. The van der Waals surface area contributed by atoms with Gasteiger partial charge in [-0.05, 0) is 44.7 Å². The second-order valence-electron chi connectivity index (χ2n) is 9.39. The van der Waals surface area contributed by atoms with Crippen LogP contribution in [-0.4, -0.2) is 52.5 Å². The molecule has 3 aromatic rings. The molecule has 0 radical (unpaired) electrons. The van der Waals surface area contributed by atoms with Gasteiger partial charge < -0.3 is 19.3 Å². The van der Waals surface area contributed by atoms with Crippen molar-refractivity contribution in [3.8, 4) is 11.3 Å². The first-order valence-electron chi connectivity index (χ1n) is 11.9. The van der Waals surface area contributed by atoms with Crippen molar-refractivity contribution in [2.24, 2.45) is 0 Å². The molecule has 0 spiro atoms. The molecule has 2 aromatic carbocycles. The largest absolute Gasteiger partial charge is 0.447 e. The molecule has 8 nitrogen and oxygen atoms in total. The summed E-state index contributed by atoms with van der Waals surface area (Å²) in [6.07, 6.45) is 0.342. The third-order valence-corrected chi connectivity index (χ3v) is 6.31. The standard InChI is InChI=1S/C27H31ClFN3O5/c1-27(2,35)15-14-20(32(3)24(33)13-12-19-10-7-11-21(29)25(19)28)17-36-26(34)30-23-16-22(31-37-23)18-8-5-4-6-9-18/h4-11,16,20,35H,12-15,17H2,1-3H3,(H,30,34)/t20-/m0/s1. The maximum absolute atomic E-state index is 13.7. The molecule has 0 fully saturated rings. The van der Waals surface area contributed by atoms with Gasteiger partial charge in [-0.15, -0.1) is 0 Å². The molecule has 1 heterocycles. The molecular weight excluding hydrogens is 501 g/mol. The number of likely N-dealkylation sites (N-methyl/N-ethyl adjacent to an activating group) is 1. The molecule has 3 rings (SSSR count). The lowest BCUT2D eigenvalue weighted by Crippen LogP contribution is -2.42. The van der Waals surface area contributed by atoms with Crippen LogP contribution in [0.15, 0.2) is 59.1 Å². The number of amides is 2. The van der Waals surface area contributed by atoms with Gasteiger partial charge in [0.1, 0.15) is 18.1 Å². The Bertz CT molecular complexity index is 1200. The lowest BCUT2D eigenvalue weighted by Gasteiger charge is -2.30. The number of anilines is 1. The van der Waals surface area contributed by atoms with Crippen molar-refractivity contribution in [1.29, 1.82) is 0 Å². The van der Waals surface area contributed by atoms with Crippen molar-refractivity contribution < 1.29 is 28.3 Å². The number of carbonyl (C=O) groups is 2. The first-order valence-corrected chi connectivity index (χ1v) is 12.3. The monoisotopic (exact) mass is 531 g/mol. The number of aryl methyl sites for hydroxylation is 1. The lowest BCUT2D eigenvalue weighted by molar-refractivity contribution is -0.133. The summed E-state index contributed by atoms with van der Waals surface area (Å²) >= 11 is 6.00. The number of carbonyl (C=O) groups excluding carboxylic acids is 2. The Hall–Kier alpha value is -3.43. The molecule has 0 aliphatic rings. The number of nitrogens with one attached hydrogen (secondary N) is 1. The highest BCUT2D eigenvalue weighted by molar-refractivity contribution is 6.31. The van der Waals surface area contributed by atoms with Crippen molar-refractivity contribution in [1.82, 2.24) is 10.1 Å². The summed E-state index contributed by atoms with van der Waals surface area (Å²) in [5.74, 6) is -0.647. The Morgan fingerprint density at radius 2 is 1.95 bits per heavy atom. The van der Waals surface area contributed by atoms with E-state index < -0.39 is 23.6 Å². The maximum Gasteiger partial charge on any atom is 0.414 e. The molecule has 0 saturated heterocycles. The molecule has 198 valence electrons. The minimum Gasteiger partial charge on any atom is -0.447 e. The van der Waals surface area contributed by atoms with E-state index in [9.17, 15) is 19.1 Å². The van der Waals surface area contributed by atoms with E-state index in [4.69, 9.17) is 20.9 Å². The Kier molecular flexibility index (Phi) is 9.66. The van der Waals surface area contributed by atoms with Gasteiger partial charge in [0.15, 0.2) is 0 Å². The van der Waals surface area contributed by atoms with E-state index in [1.165, 1.54) is 11.0 Å². The zero-order valence-electron chi connectivity index (χ0n) is 21.0. The SMILES string of the molecule is CN(C(=O)CCc1cccc(F)c1Cl)[C@@H](CCC(C)(C)O)COC(=O)Nc1cc(-c2ccccc2)no1. The predicted octanol–water partition coefficient (Wildman–Crippen LogP) is 5.69. The molecule has 2 amide bonds. The third-order valence-electron chi connectivity index (χ3n) is 5.88. The molecule has 2 N–H and O–H groups in total. The van der Waals surface area contributed by atoms with E-state index >= 15 is 0 Å². The predicted molar refractivity (Wildman–Crippen MR) is 139 cm³/mol. The second-order valence-corrected chi connectivity index (χ2v) is 9.77. The number of halogens is 2. The van der Waals surface area contributed by atoms with Gasteiger partial charge in [-0.1, -0.05) is 59.2 Å². The highest BCUT2D eigenvalue weighted by Crippen LogP contribution is 2.23. The summed E-state index contributed by atoms with van der Waals surface area (Å²) in [4.78, 5) is 26.8. The number of rotatable bonds is 11. The van der Waals surface area contributed by atoms with Crippen molar-refractivity contribution in [3.63, 3.8) is 0 Å². The molecule has 0 unspecified atom stereocenters. The number of hydrogen-bond donors (Lipinski definition) is 2. The fraction of sp³-hybridized carbons (Fsp3) is 0.370. The number of nitrogens with zero attached hydrogens (tertiary/aromatic N) is 2. The normalized spacial score (nSPS) is 12.2. The van der Waals surface area contributed by atoms with Crippen molar-refractivity contribution >= 4 is 29.5 Å². The van der Waals surface area contributed by atoms with Crippen LogP contribution in [-0.2, 0) is 16.0 Å². The molecule has 0 aliphatic carbocycles. The van der Waals surface area contributed by atoms with Crippen LogP contribution in [0.1, 0.15) is 38.7 Å². The van der Waals surface area contributed by atoms with E-state index in [2.05, 4.69) is 10.5 Å². The van der Waals surface area contributed by atoms with Crippen LogP contribution in [0.4, 0.5) is 15.1 Å². The van der Waals surface area contributed by atoms with Crippen molar-refractivity contribution in [3.05, 3.63) is 71.0 Å². The van der Waals surface area contributed by atoms with Gasteiger partial charge in [0, 0.05) is 25.1 Å². The van der Waals surface area contributed by atoms with Gasteiger partial charge in [-0.2, -0.15) is 0 Å². The van der Waals surface area contributed by atoms with Crippen LogP contribution >= 0.6 is 11.6 Å². The van der Waals surface area contributed by atoms with Gasteiger partial charge in [0.2, 0.25) is 11.8 Å². The molecule has 0 saturated carbocycles. The van der Waals surface area contributed by atoms with E-state index in [0.29, 0.717) is 24.1 Å². The number of aromatic nitrogens is 1. The molecule has 10 heteroatoms. The van der Waals surface area contributed by atoms with Crippen LogP contribution in [0.3, 0.4) is 0 Å². The smallest absolute Gasteiger partial charge is 0.414 e. The van der Waals surface area contributed by atoms with Crippen LogP contribution < -0.4 is 5.32 Å². The Balaban J connectivity index is 1.58. The average molecular weight is 532 g/mol. The summed E-state index contributed by atoms with van der Waals surface area (Å²) in [5, 5.41) is 16.6. The third kappa shape index (κ3) is 8.58. The fourth-order valence-electron chi connectivity index (χ4n) is 3.66. The quantitative estimate of drug-likeness (QED) is 0.329. The summed E-state index contributed by atoms with van der Waals surface area (Å²) in [5.41, 5.74) is 0.961. The first-order chi connectivity index (χ1) is 17.5. The zero-order chi connectivity index (χ0) is 27.0. The average Bonchev–Trinajstić information content (AvgIpc) is 3.32. The van der Waals surface area contributed by atoms with Crippen LogP contribution in [0.2, 0.25) is 5.02 Å². The van der Waals surface area contributed by atoms with Crippen molar-refractivity contribution in [2.45, 2.75) is 51.2 Å². The van der Waals surface area contributed by atoms with Gasteiger partial charge in [0.05, 0.1) is 16.7 Å². The van der Waals surface area contributed by atoms with Gasteiger partial charge in [-0.3, -0.25) is 10.1 Å². The number of aliphatic hydroxyl groups is 1. The molecule has 0 bridgehead atoms. The lowest BCUT2D eigenvalue weighted by atomic mass is 9.98. The Morgan fingerprint density at radius 1 is 1.22 bits per heavy atom. The molecule has 1 aromatic heterocycles. The molecular formula is C27H31ClFN3O5. The Morgan fingerprint density at radius 3 is 2.65 bits per heavy atom. The maximum atomic E-state index is 13.7. The van der Waals surface area contributed by atoms with Crippen LogP contribution in [0.5, 0.6) is 0 Å². The summed E-state index contributed by atoms with van der Waals surface area (Å²) in [6, 6.07) is 14.9. The van der Waals surface area contributed by atoms with E-state index in [0.717, 1.165) is 5.56 Å². The second kappa shape index (κ2) is 12.7. The first kappa shape index (κ1) is 28.1. The molecule has 0 aliphatic heterocycles.